The number of rotatable bonds is 41. The van der Waals surface area contributed by atoms with Crippen LogP contribution in [-0.2, 0) is 48.0 Å². The van der Waals surface area contributed by atoms with E-state index in [1.54, 1.807) is 32.6 Å². The Balaban J connectivity index is 1.82. The smallest absolute Gasteiger partial charge is 0.306 e. The standard InChI is InChI=1S/C56H83N7O15S/c1-40(76-51(68)27-17-11-21-32-75-50(67)24-14-8-18-29-64)37-58-55-45(36-57)43(4)54(56(60-55)59-44-22-12-7-13-23-44)62-61-46-34-48(74-6)49(35-47(46)73-5)79(71,72)33-28-63(38-41(2)77-52(69)25-15-9-19-30-65)39-42(3)78-53(70)26-16-10-20-31-66/h7,12-13,22-23,34-35,40-42,64-66H,8-11,14-21,24-33,37-39H2,1-6H3,(H2,58,59,60). The predicted octanol–water partition coefficient (Wildman–Crippen LogP) is 8.48. The Bertz CT molecular complexity index is 2490. The van der Waals surface area contributed by atoms with Crippen molar-refractivity contribution in [2.75, 3.05) is 83.2 Å². The second-order valence-corrected chi connectivity index (χ2v) is 21.2. The zero-order valence-corrected chi connectivity index (χ0v) is 47.7. The number of para-hydroxylation sites is 1. The minimum absolute atomic E-state index is 0.0295. The van der Waals surface area contributed by atoms with Crippen LogP contribution in [0.5, 0.6) is 11.5 Å². The van der Waals surface area contributed by atoms with Crippen molar-refractivity contribution >= 4 is 62.4 Å². The number of hydrogen-bond acceptors (Lipinski definition) is 22. The molecule has 1 aromatic heterocycles. The molecule has 23 heteroatoms. The molecule has 0 aliphatic heterocycles. The molecule has 0 aliphatic rings. The molecule has 0 bridgehead atoms. The number of methoxy groups -OCH3 is 2. The number of carbonyl (C=O) groups excluding carboxylic acids is 4. The van der Waals surface area contributed by atoms with Gasteiger partial charge in [-0.3, -0.25) is 24.1 Å². The first kappa shape index (κ1) is 66.8. The minimum Gasteiger partial charge on any atom is -0.495 e. The van der Waals surface area contributed by atoms with E-state index in [-0.39, 0.29) is 123 Å². The Morgan fingerprint density at radius 2 is 1.20 bits per heavy atom. The first-order valence-electron chi connectivity index (χ1n) is 27.2. The number of nitrogens with zero attached hydrogens (tertiary/aromatic N) is 5. The maximum Gasteiger partial charge on any atom is 0.306 e. The third-order valence-electron chi connectivity index (χ3n) is 12.3. The summed E-state index contributed by atoms with van der Waals surface area (Å²) >= 11 is 0. The quantitative estimate of drug-likeness (QED) is 0.0154. The summed E-state index contributed by atoms with van der Waals surface area (Å²) in [6.07, 6.45) is 6.38. The highest BCUT2D eigenvalue weighted by Gasteiger charge is 2.27. The SMILES string of the molecule is COc1cc(S(=O)(=O)CCN(CC(C)OC(=O)CCCCCO)CC(C)OC(=O)CCCCCO)c(OC)cc1N=Nc1c(Nc2ccccc2)nc(NCC(C)OC(=O)CCCCCOC(=O)CCCCCO)c(C#N)c1C. The van der Waals surface area contributed by atoms with Gasteiger partial charge in [-0.05, 0) is 97.6 Å². The summed E-state index contributed by atoms with van der Waals surface area (Å²) < 4.78 is 62.0. The van der Waals surface area contributed by atoms with Crippen molar-refractivity contribution in [1.29, 1.82) is 5.26 Å². The topological polar surface area (TPSA) is 307 Å². The van der Waals surface area contributed by atoms with Crippen LogP contribution in [0.15, 0.2) is 57.6 Å². The van der Waals surface area contributed by atoms with E-state index in [0.29, 0.717) is 88.3 Å². The number of aliphatic hydroxyl groups excluding tert-OH is 3. The summed E-state index contributed by atoms with van der Waals surface area (Å²) in [4.78, 5) is 56.1. The number of nitriles is 1. The maximum atomic E-state index is 14.3. The van der Waals surface area contributed by atoms with Gasteiger partial charge in [0.25, 0.3) is 0 Å². The average molecular weight is 1130 g/mol. The lowest BCUT2D eigenvalue weighted by Gasteiger charge is -2.28. The number of hydrogen-bond donors (Lipinski definition) is 5. The van der Waals surface area contributed by atoms with Crippen LogP contribution >= 0.6 is 0 Å². The van der Waals surface area contributed by atoms with Crippen molar-refractivity contribution in [3.63, 3.8) is 0 Å². The molecule has 2 aromatic carbocycles. The van der Waals surface area contributed by atoms with Gasteiger partial charge in [0.1, 0.15) is 58.0 Å². The zero-order chi connectivity index (χ0) is 58.0. The van der Waals surface area contributed by atoms with Gasteiger partial charge < -0.3 is 54.4 Å². The first-order valence-corrected chi connectivity index (χ1v) is 28.8. The molecule has 0 saturated carbocycles. The fourth-order valence-corrected chi connectivity index (χ4v) is 9.59. The highest BCUT2D eigenvalue weighted by Crippen LogP contribution is 2.41. The van der Waals surface area contributed by atoms with E-state index >= 15 is 0 Å². The molecule has 79 heavy (non-hydrogen) atoms. The zero-order valence-electron chi connectivity index (χ0n) is 46.8. The molecule has 3 atom stereocenters. The van der Waals surface area contributed by atoms with Crippen LogP contribution in [0.3, 0.4) is 0 Å². The predicted molar refractivity (Wildman–Crippen MR) is 297 cm³/mol. The molecule has 1 heterocycles. The fourth-order valence-electron chi connectivity index (χ4n) is 8.14. The Hall–Kier alpha value is -6.45. The van der Waals surface area contributed by atoms with E-state index in [9.17, 15) is 32.9 Å². The van der Waals surface area contributed by atoms with Gasteiger partial charge in [-0.2, -0.15) is 5.26 Å². The normalized spacial score (nSPS) is 12.6. The first-order chi connectivity index (χ1) is 38.0. The number of ether oxygens (including phenoxy) is 6. The number of aliphatic hydroxyl groups is 3. The van der Waals surface area contributed by atoms with Crippen LogP contribution in [0.1, 0.15) is 135 Å². The Morgan fingerprint density at radius 1 is 0.684 bits per heavy atom. The summed E-state index contributed by atoms with van der Waals surface area (Å²) in [5.41, 5.74) is 1.44. The Morgan fingerprint density at radius 3 is 1.72 bits per heavy atom. The molecule has 0 aliphatic carbocycles. The third kappa shape index (κ3) is 25.5. The maximum absolute atomic E-state index is 14.3. The van der Waals surface area contributed by atoms with Crippen molar-refractivity contribution in [1.82, 2.24) is 9.88 Å². The summed E-state index contributed by atoms with van der Waals surface area (Å²) in [7, 11) is -1.49. The average Bonchev–Trinajstić information content (AvgIpc) is 3.44. The third-order valence-corrected chi connectivity index (χ3v) is 14.0. The van der Waals surface area contributed by atoms with Gasteiger partial charge in [0.15, 0.2) is 15.7 Å². The molecule has 0 radical (unpaired) electrons. The number of pyridine rings is 1. The number of anilines is 3. The van der Waals surface area contributed by atoms with Gasteiger partial charge in [0, 0.05) is 88.5 Å². The molecule has 438 valence electrons. The lowest BCUT2D eigenvalue weighted by molar-refractivity contribution is -0.151. The molecular weight excluding hydrogens is 1040 g/mol. The number of carbonyl (C=O) groups is 4. The van der Waals surface area contributed by atoms with Gasteiger partial charge in [0.05, 0.1) is 38.7 Å². The van der Waals surface area contributed by atoms with E-state index in [1.165, 1.54) is 26.4 Å². The summed E-state index contributed by atoms with van der Waals surface area (Å²) in [5.74, 6) is -1.57. The minimum atomic E-state index is -4.15. The molecule has 0 amide bonds. The Kier molecular flexibility index (Phi) is 31.7. The molecule has 5 N–H and O–H groups in total. The van der Waals surface area contributed by atoms with Crippen LogP contribution in [0, 0.1) is 18.3 Å². The summed E-state index contributed by atoms with van der Waals surface area (Å²) in [5, 5.41) is 52.9. The van der Waals surface area contributed by atoms with Crippen LogP contribution < -0.4 is 20.1 Å². The van der Waals surface area contributed by atoms with Gasteiger partial charge in [-0.25, -0.2) is 13.4 Å². The number of benzene rings is 2. The van der Waals surface area contributed by atoms with Gasteiger partial charge in [-0.15, -0.1) is 10.2 Å². The lowest BCUT2D eigenvalue weighted by atomic mass is 10.1. The van der Waals surface area contributed by atoms with Crippen molar-refractivity contribution in [3.8, 4) is 17.6 Å². The van der Waals surface area contributed by atoms with E-state index in [0.717, 1.165) is 6.42 Å². The van der Waals surface area contributed by atoms with Gasteiger partial charge in [0.2, 0.25) is 0 Å². The van der Waals surface area contributed by atoms with Gasteiger partial charge in [-0.1, -0.05) is 37.5 Å². The molecule has 3 rings (SSSR count). The molecule has 3 unspecified atom stereocenters. The number of azo groups is 1. The molecule has 22 nitrogen and oxygen atoms in total. The lowest BCUT2D eigenvalue weighted by Crippen LogP contribution is -2.41. The van der Waals surface area contributed by atoms with Crippen LogP contribution in [0.4, 0.5) is 28.7 Å². The monoisotopic (exact) mass is 1130 g/mol. The second-order valence-electron chi connectivity index (χ2n) is 19.1. The van der Waals surface area contributed by atoms with Crippen LogP contribution in [0.25, 0.3) is 0 Å². The highest BCUT2D eigenvalue weighted by molar-refractivity contribution is 7.91. The van der Waals surface area contributed by atoms with E-state index in [4.69, 9.17) is 48.7 Å². The Labute approximate surface area is 465 Å². The molecule has 0 fully saturated rings. The second kappa shape index (κ2) is 37.4. The number of aromatic nitrogens is 1. The summed E-state index contributed by atoms with van der Waals surface area (Å²) in [6, 6.07) is 14.0. The van der Waals surface area contributed by atoms with E-state index in [2.05, 4.69) is 26.9 Å². The largest absolute Gasteiger partial charge is 0.495 e. The number of unbranched alkanes of at least 4 members (excludes halogenated alkanes) is 8. The molecule has 0 spiro atoms. The molecule has 3 aromatic rings. The molecular formula is C56H83N7O15S. The highest BCUT2D eigenvalue weighted by atomic mass is 32.2. The van der Waals surface area contributed by atoms with E-state index < -0.39 is 51.8 Å². The molecule has 0 saturated heterocycles. The van der Waals surface area contributed by atoms with Crippen molar-refractivity contribution < 1.29 is 71.3 Å². The fraction of sp³-hybridized carbons (Fsp3) is 0.607. The number of nitrogens with one attached hydrogen (secondary N) is 2. The number of sulfone groups is 1. The van der Waals surface area contributed by atoms with Crippen molar-refractivity contribution in [3.05, 3.63) is 53.6 Å². The van der Waals surface area contributed by atoms with Crippen LogP contribution in [-0.4, -0.2) is 148 Å². The van der Waals surface area contributed by atoms with E-state index in [1.807, 2.05) is 30.3 Å². The van der Waals surface area contributed by atoms with Crippen LogP contribution in [0.2, 0.25) is 0 Å². The van der Waals surface area contributed by atoms with Crippen molar-refractivity contribution in [2.45, 2.75) is 154 Å². The van der Waals surface area contributed by atoms with Gasteiger partial charge >= 0.3 is 23.9 Å². The van der Waals surface area contributed by atoms with Crippen molar-refractivity contribution in [2.24, 2.45) is 10.2 Å². The number of esters is 4. The summed E-state index contributed by atoms with van der Waals surface area (Å²) in [6.45, 7) is 7.52.